The molecular formula is C20H26N4O4. The summed E-state index contributed by atoms with van der Waals surface area (Å²) in [5, 5.41) is 4.21. The van der Waals surface area contributed by atoms with E-state index in [-0.39, 0.29) is 12.5 Å². The number of benzene rings is 1. The lowest BCUT2D eigenvalue weighted by atomic mass is 10.2. The Morgan fingerprint density at radius 3 is 2.21 bits per heavy atom. The third-order valence-corrected chi connectivity index (χ3v) is 4.42. The third kappa shape index (κ3) is 5.18. The normalized spacial score (nSPS) is 10.4. The van der Waals surface area contributed by atoms with Crippen molar-refractivity contribution >= 4 is 17.8 Å². The van der Waals surface area contributed by atoms with Crippen LogP contribution in [0.25, 0.3) is 5.69 Å². The Balaban J connectivity index is 1.88. The fourth-order valence-electron chi connectivity index (χ4n) is 2.67. The maximum absolute atomic E-state index is 12.2. The molecule has 28 heavy (non-hydrogen) atoms. The predicted molar refractivity (Wildman–Crippen MR) is 104 cm³/mol. The van der Waals surface area contributed by atoms with Gasteiger partial charge in [-0.1, -0.05) is 0 Å². The second kappa shape index (κ2) is 9.68. The van der Waals surface area contributed by atoms with E-state index in [1.54, 1.807) is 40.0 Å². The smallest absolute Gasteiger partial charge is 0.338 e. The van der Waals surface area contributed by atoms with Crippen LogP contribution in [0, 0.1) is 6.92 Å². The first-order valence-corrected chi connectivity index (χ1v) is 9.17. The maximum atomic E-state index is 12.2. The highest BCUT2D eigenvalue weighted by molar-refractivity contribution is 5.92. The van der Waals surface area contributed by atoms with Crippen LogP contribution >= 0.6 is 0 Å². The molecule has 0 atom stereocenters. The van der Waals surface area contributed by atoms with Crippen LogP contribution in [0.3, 0.4) is 0 Å². The monoisotopic (exact) mass is 386 g/mol. The molecular weight excluding hydrogens is 360 g/mol. The van der Waals surface area contributed by atoms with Crippen molar-refractivity contribution in [2.24, 2.45) is 0 Å². The van der Waals surface area contributed by atoms with E-state index < -0.39 is 18.5 Å². The molecule has 2 amide bonds. The lowest BCUT2D eigenvalue weighted by Crippen LogP contribution is -2.42. The molecule has 0 fully saturated rings. The topological polar surface area (TPSA) is 84.7 Å². The van der Waals surface area contributed by atoms with E-state index in [0.29, 0.717) is 18.7 Å². The van der Waals surface area contributed by atoms with Crippen molar-refractivity contribution < 1.29 is 19.1 Å². The Kier molecular flexibility index (Phi) is 7.31. The van der Waals surface area contributed by atoms with Gasteiger partial charge in [0.2, 0.25) is 5.91 Å². The molecule has 0 saturated carbocycles. The zero-order chi connectivity index (χ0) is 20.7. The van der Waals surface area contributed by atoms with Crippen molar-refractivity contribution in [3.63, 3.8) is 0 Å². The minimum Gasteiger partial charge on any atom is -0.452 e. The zero-order valence-electron chi connectivity index (χ0n) is 16.7. The Morgan fingerprint density at radius 1 is 1.04 bits per heavy atom. The van der Waals surface area contributed by atoms with Gasteiger partial charge in [0.1, 0.15) is 0 Å². The standard InChI is InChI=1S/C20H26N4O4/c1-5-23(6-2)18(25)13-22(4)19(26)14-28-20(27)16-7-9-17(10-8-16)24-15(3)11-12-21-24/h7-12H,5-6,13-14H2,1-4H3. The van der Waals surface area contributed by atoms with Gasteiger partial charge in [-0.3, -0.25) is 9.59 Å². The number of ether oxygens (including phenoxy) is 1. The Morgan fingerprint density at radius 2 is 1.68 bits per heavy atom. The fourth-order valence-corrected chi connectivity index (χ4v) is 2.67. The maximum Gasteiger partial charge on any atom is 0.338 e. The fraction of sp³-hybridized carbons (Fsp3) is 0.400. The van der Waals surface area contributed by atoms with Gasteiger partial charge in [0.15, 0.2) is 6.61 Å². The second-order valence-electron chi connectivity index (χ2n) is 6.32. The quantitative estimate of drug-likeness (QED) is 0.644. The van der Waals surface area contributed by atoms with Gasteiger partial charge in [-0.05, 0) is 51.1 Å². The van der Waals surface area contributed by atoms with Crippen LogP contribution in [0.2, 0.25) is 0 Å². The molecule has 2 aromatic rings. The van der Waals surface area contributed by atoms with Crippen LogP contribution in [0.4, 0.5) is 0 Å². The molecule has 0 radical (unpaired) electrons. The molecule has 8 nitrogen and oxygen atoms in total. The van der Waals surface area contributed by atoms with Crippen molar-refractivity contribution in [2.45, 2.75) is 20.8 Å². The molecule has 2 rings (SSSR count). The predicted octanol–water partition coefficient (Wildman–Crippen LogP) is 1.66. The number of nitrogens with zero attached hydrogens (tertiary/aromatic N) is 4. The number of hydrogen-bond acceptors (Lipinski definition) is 5. The lowest BCUT2D eigenvalue weighted by Gasteiger charge is -2.23. The second-order valence-corrected chi connectivity index (χ2v) is 6.32. The highest BCUT2D eigenvalue weighted by Crippen LogP contribution is 2.12. The average Bonchev–Trinajstić information content (AvgIpc) is 3.12. The summed E-state index contributed by atoms with van der Waals surface area (Å²) >= 11 is 0. The summed E-state index contributed by atoms with van der Waals surface area (Å²) in [5.41, 5.74) is 2.14. The summed E-state index contributed by atoms with van der Waals surface area (Å²) in [6.45, 7) is 6.40. The molecule has 0 bridgehead atoms. The van der Waals surface area contributed by atoms with E-state index in [9.17, 15) is 14.4 Å². The molecule has 0 aliphatic rings. The van der Waals surface area contributed by atoms with Crippen LogP contribution in [-0.4, -0.2) is 70.7 Å². The van der Waals surface area contributed by atoms with E-state index in [2.05, 4.69) is 5.10 Å². The largest absolute Gasteiger partial charge is 0.452 e. The van der Waals surface area contributed by atoms with Gasteiger partial charge >= 0.3 is 5.97 Å². The summed E-state index contributed by atoms with van der Waals surface area (Å²) in [5.74, 6) is -1.17. The Bertz CT molecular complexity index is 825. The first kappa shape index (κ1) is 21.1. The number of amides is 2. The number of likely N-dealkylation sites (N-methyl/N-ethyl adjacent to an activating group) is 2. The number of rotatable bonds is 8. The van der Waals surface area contributed by atoms with E-state index >= 15 is 0 Å². The van der Waals surface area contributed by atoms with Crippen molar-refractivity contribution in [3.05, 3.63) is 47.8 Å². The summed E-state index contributed by atoms with van der Waals surface area (Å²) in [4.78, 5) is 39.2. The van der Waals surface area contributed by atoms with Gasteiger partial charge in [0.25, 0.3) is 5.91 Å². The minimum absolute atomic E-state index is 0.0457. The molecule has 8 heteroatoms. The van der Waals surface area contributed by atoms with E-state index in [1.165, 1.54) is 11.9 Å². The first-order chi connectivity index (χ1) is 13.4. The molecule has 1 aromatic heterocycles. The number of carbonyl (C=O) groups is 3. The van der Waals surface area contributed by atoms with Crippen molar-refractivity contribution in [1.29, 1.82) is 0 Å². The lowest BCUT2D eigenvalue weighted by molar-refractivity contribution is -0.140. The number of hydrogen-bond donors (Lipinski definition) is 0. The van der Waals surface area contributed by atoms with Crippen LogP contribution < -0.4 is 0 Å². The molecule has 0 aliphatic heterocycles. The highest BCUT2D eigenvalue weighted by atomic mass is 16.5. The third-order valence-electron chi connectivity index (χ3n) is 4.42. The van der Waals surface area contributed by atoms with Gasteiger partial charge in [0, 0.05) is 32.0 Å². The van der Waals surface area contributed by atoms with Crippen LogP contribution in [-0.2, 0) is 14.3 Å². The van der Waals surface area contributed by atoms with Crippen LogP contribution in [0.15, 0.2) is 36.5 Å². The summed E-state index contributed by atoms with van der Waals surface area (Å²) < 4.78 is 6.83. The van der Waals surface area contributed by atoms with Gasteiger partial charge < -0.3 is 14.5 Å². The summed E-state index contributed by atoms with van der Waals surface area (Å²) in [6.07, 6.45) is 1.70. The van der Waals surface area contributed by atoms with E-state index in [0.717, 1.165) is 11.4 Å². The van der Waals surface area contributed by atoms with Gasteiger partial charge in [-0.25, -0.2) is 9.48 Å². The van der Waals surface area contributed by atoms with Crippen LogP contribution in [0.5, 0.6) is 0 Å². The number of carbonyl (C=O) groups excluding carboxylic acids is 3. The summed E-state index contributed by atoms with van der Waals surface area (Å²) in [7, 11) is 1.51. The molecule has 1 heterocycles. The number of aromatic nitrogens is 2. The Hall–Kier alpha value is -3.16. The molecule has 0 unspecified atom stereocenters. The first-order valence-electron chi connectivity index (χ1n) is 9.17. The van der Waals surface area contributed by atoms with Crippen molar-refractivity contribution in [1.82, 2.24) is 19.6 Å². The summed E-state index contributed by atoms with van der Waals surface area (Å²) in [6, 6.07) is 8.64. The van der Waals surface area contributed by atoms with E-state index in [1.807, 2.05) is 26.8 Å². The zero-order valence-corrected chi connectivity index (χ0v) is 16.7. The number of esters is 1. The van der Waals surface area contributed by atoms with Crippen molar-refractivity contribution in [3.8, 4) is 5.69 Å². The SMILES string of the molecule is CCN(CC)C(=O)CN(C)C(=O)COC(=O)c1ccc(-n2nccc2C)cc1. The Labute approximate surface area is 164 Å². The average molecular weight is 386 g/mol. The van der Waals surface area contributed by atoms with E-state index in [4.69, 9.17) is 4.74 Å². The van der Waals surface area contributed by atoms with Gasteiger partial charge in [-0.15, -0.1) is 0 Å². The molecule has 0 saturated heterocycles. The molecule has 0 N–H and O–H groups in total. The minimum atomic E-state index is -0.597. The molecule has 0 spiro atoms. The highest BCUT2D eigenvalue weighted by Gasteiger charge is 2.18. The molecule has 1 aromatic carbocycles. The molecule has 0 aliphatic carbocycles. The number of aryl methyl sites for hydroxylation is 1. The molecule has 150 valence electrons. The van der Waals surface area contributed by atoms with Gasteiger partial charge in [0.05, 0.1) is 17.8 Å². The van der Waals surface area contributed by atoms with Crippen LogP contribution in [0.1, 0.15) is 29.9 Å². The van der Waals surface area contributed by atoms with Gasteiger partial charge in [-0.2, -0.15) is 5.10 Å². The van der Waals surface area contributed by atoms with Crippen molar-refractivity contribution in [2.75, 3.05) is 33.3 Å².